The molecule has 1 amide bonds. The smallest absolute Gasteiger partial charge is 0.412 e. The molecule has 2 aromatic carbocycles. The highest BCUT2D eigenvalue weighted by molar-refractivity contribution is 5.93. The van der Waals surface area contributed by atoms with Gasteiger partial charge in [0, 0.05) is 48.5 Å². The van der Waals surface area contributed by atoms with E-state index in [2.05, 4.69) is 29.3 Å². The maximum atomic E-state index is 12.0. The normalized spacial score (nSPS) is 20.9. The molecule has 0 spiro atoms. The van der Waals surface area contributed by atoms with Gasteiger partial charge in [-0.3, -0.25) is 4.90 Å². The fraction of sp³-hybridized carbons (Fsp3) is 0.360. The summed E-state index contributed by atoms with van der Waals surface area (Å²) in [5.74, 6) is 0.863. The Kier molecular flexibility index (Phi) is 5.72. The topological polar surface area (TPSA) is 68.7 Å². The Labute approximate surface area is 183 Å². The van der Waals surface area contributed by atoms with Crippen LogP contribution in [-0.2, 0) is 0 Å². The van der Waals surface area contributed by atoms with E-state index in [1.165, 1.54) is 4.90 Å². The standard InChI is InChI=1S/C25H30N4O2/c1-25(27-23-17-22(28(2)3)20-11-7-8-12-21(20)26-23)15-13-19(14-16-25)29(24(30)31)18-9-5-4-6-10-18/h4-12,17,19H,13-16H2,1-3H3,(H,26,27)(H,30,31)/t19-,25+. The van der Waals surface area contributed by atoms with Crippen LogP contribution >= 0.6 is 0 Å². The van der Waals surface area contributed by atoms with Crippen LogP contribution in [0.3, 0.4) is 0 Å². The van der Waals surface area contributed by atoms with Gasteiger partial charge < -0.3 is 15.3 Å². The largest absolute Gasteiger partial charge is 0.465 e. The number of rotatable bonds is 5. The molecule has 6 nitrogen and oxygen atoms in total. The summed E-state index contributed by atoms with van der Waals surface area (Å²) in [5.41, 5.74) is 2.71. The number of fused-ring (bicyclic) bond motifs is 1. The summed E-state index contributed by atoms with van der Waals surface area (Å²) in [6, 6.07) is 19.7. The van der Waals surface area contributed by atoms with Crippen molar-refractivity contribution in [2.24, 2.45) is 0 Å². The van der Waals surface area contributed by atoms with E-state index in [4.69, 9.17) is 4.98 Å². The zero-order valence-electron chi connectivity index (χ0n) is 18.4. The Bertz CT molecular complexity index is 1060. The molecule has 0 bridgehead atoms. The van der Waals surface area contributed by atoms with E-state index in [1.54, 1.807) is 0 Å². The van der Waals surface area contributed by atoms with Crippen LogP contribution in [0.4, 0.5) is 22.0 Å². The van der Waals surface area contributed by atoms with Crippen molar-refractivity contribution in [2.45, 2.75) is 44.2 Å². The minimum atomic E-state index is -0.889. The van der Waals surface area contributed by atoms with E-state index in [9.17, 15) is 9.90 Å². The van der Waals surface area contributed by atoms with Crippen molar-refractivity contribution in [2.75, 3.05) is 29.2 Å². The van der Waals surface area contributed by atoms with Crippen molar-refractivity contribution in [1.29, 1.82) is 0 Å². The SMILES string of the molecule is CN(C)c1cc(N[C@]2(C)CC[C@H](N(C(=O)O)c3ccccc3)CC2)nc2ccccc12. The van der Waals surface area contributed by atoms with Crippen molar-refractivity contribution in [3.8, 4) is 0 Å². The fourth-order valence-electron chi connectivity index (χ4n) is 4.59. The van der Waals surface area contributed by atoms with E-state index in [-0.39, 0.29) is 11.6 Å². The quantitative estimate of drug-likeness (QED) is 0.565. The monoisotopic (exact) mass is 418 g/mol. The first-order valence-electron chi connectivity index (χ1n) is 10.8. The Hall–Kier alpha value is -3.28. The Morgan fingerprint density at radius 3 is 2.35 bits per heavy atom. The molecule has 0 saturated heterocycles. The van der Waals surface area contributed by atoms with Crippen LogP contribution < -0.4 is 15.1 Å². The van der Waals surface area contributed by atoms with Gasteiger partial charge in [-0.25, -0.2) is 9.78 Å². The lowest BCUT2D eigenvalue weighted by Crippen LogP contribution is -2.47. The van der Waals surface area contributed by atoms with Gasteiger partial charge in [0.15, 0.2) is 0 Å². The molecule has 0 aliphatic heterocycles. The lowest BCUT2D eigenvalue weighted by Gasteiger charge is -2.41. The number of carbonyl (C=O) groups is 1. The number of carboxylic acid groups (broad SMARTS) is 1. The second-order valence-corrected chi connectivity index (χ2v) is 8.84. The molecule has 162 valence electrons. The average Bonchev–Trinajstić information content (AvgIpc) is 2.75. The van der Waals surface area contributed by atoms with Crippen molar-refractivity contribution in [1.82, 2.24) is 4.98 Å². The highest BCUT2D eigenvalue weighted by Gasteiger charge is 2.36. The lowest BCUT2D eigenvalue weighted by molar-refractivity contribution is 0.193. The molecule has 4 rings (SSSR count). The van der Waals surface area contributed by atoms with E-state index in [1.807, 2.05) is 62.6 Å². The zero-order valence-corrected chi connectivity index (χ0v) is 18.4. The number of nitrogens with zero attached hydrogens (tertiary/aromatic N) is 3. The van der Waals surface area contributed by atoms with Crippen LogP contribution in [0.5, 0.6) is 0 Å². The number of hydrogen-bond acceptors (Lipinski definition) is 4. The third-order valence-corrected chi connectivity index (χ3v) is 6.27. The highest BCUT2D eigenvalue weighted by atomic mass is 16.4. The van der Waals surface area contributed by atoms with E-state index < -0.39 is 6.09 Å². The Morgan fingerprint density at radius 1 is 1.06 bits per heavy atom. The third kappa shape index (κ3) is 4.43. The molecule has 1 fully saturated rings. The number of para-hydroxylation sites is 2. The molecule has 1 aliphatic rings. The molecule has 1 aromatic heterocycles. The summed E-state index contributed by atoms with van der Waals surface area (Å²) in [6.07, 6.45) is 2.47. The third-order valence-electron chi connectivity index (χ3n) is 6.27. The van der Waals surface area contributed by atoms with Gasteiger partial charge in [0.2, 0.25) is 0 Å². The minimum absolute atomic E-state index is 0.0170. The summed E-state index contributed by atoms with van der Waals surface area (Å²) in [6.45, 7) is 2.21. The number of pyridine rings is 1. The van der Waals surface area contributed by atoms with Crippen LogP contribution in [0.1, 0.15) is 32.6 Å². The molecule has 31 heavy (non-hydrogen) atoms. The molecule has 3 aromatic rings. The molecular weight excluding hydrogens is 388 g/mol. The van der Waals surface area contributed by atoms with Crippen LogP contribution in [0, 0.1) is 0 Å². The molecule has 2 N–H and O–H groups in total. The van der Waals surface area contributed by atoms with Crippen LogP contribution in [0.15, 0.2) is 60.7 Å². The van der Waals surface area contributed by atoms with Crippen molar-refractivity contribution in [3.63, 3.8) is 0 Å². The summed E-state index contributed by atoms with van der Waals surface area (Å²) < 4.78 is 0. The van der Waals surface area contributed by atoms with Gasteiger partial charge in [0.1, 0.15) is 5.82 Å². The molecule has 0 radical (unpaired) electrons. The molecule has 1 heterocycles. The number of anilines is 3. The first kappa shape index (κ1) is 21.0. The first-order valence-corrected chi connectivity index (χ1v) is 10.8. The molecule has 0 atom stereocenters. The second-order valence-electron chi connectivity index (χ2n) is 8.84. The van der Waals surface area contributed by atoms with Crippen molar-refractivity contribution >= 4 is 34.2 Å². The summed E-state index contributed by atoms with van der Waals surface area (Å²) in [7, 11) is 4.09. The predicted molar refractivity (Wildman–Crippen MR) is 127 cm³/mol. The van der Waals surface area contributed by atoms with E-state index in [0.717, 1.165) is 53.8 Å². The van der Waals surface area contributed by atoms with Gasteiger partial charge in [-0.2, -0.15) is 0 Å². The van der Waals surface area contributed by atoms with Crippen LogP contribution in [0.2, 0.25) is 0 Å². The first-order chi connectivity index (χ1) is 14.9. The summed E-state index contributed by atoms with van der Waals surface area (Å²) >= 11 is 0. The molecule has 1 saturated carbocycles. The number of amides is 1. The Balaban J connectivity index is 1.52. The number of benzene rings is 2. The fourth-order valence-corrected chi connectivity index (χ4v) is 4.59. The van der Waals surface area contributed by atoms with E-state index >= 15 is 0 Å². The zero-order chi connectivity index (χ0) is 22.0. The predicted octanol–water partition coefficient (Wildman–Crippen LogP) is 5.60. The van der Waals surface area contributed by atoms with Crippen LogP contribution in [0.25, 0.3) is 10.9 Å². The minimum Gasteiger partial charge on any atom is -0.465 e. The second kappa shape index (κ2) is 8.46. The summed E-state index contributed by atoms with van der Waals surface area (Å²) in [5, 5.41) is 14.6. The lowest BCUT2D eigenvalue weighted by atomic mass is 9.80. The molecular formula is C25H30N4O2. The van der Waals surface area contributed by atoms with E-state index in [0.29, 0.717) is 0 Å². The van der Waals surface area contributed by atoms with Gasteiger partial charge in [0.25, 0.3) is 0 Å². The molecule has 0 unspecified atom stereocenters. The summed E-state index contributed by atoms with van der Waals surface area (Å²) in [4.78, 5) is 20.5. The highest BCUT2D eigenvalue weighted by Crippen LogP contribution is 2.36. The van der Waals surface area contributed by atoms with Crippen LogP contribution in [-0.4, -0.2) is 41.9 Å². The number of nitrogens with one attached hydrogen (secondary N) is 1. The average molecular weight is 419 g/mol. The van der Waals surface area contributed by atoms with Gasteiger partial charge in [-0.05, 0) is 50.8 Å². The van der Waals surface area contributed by atoms with Gasteiger partial charge in [0.05, 0.1) is 5.52 Å². The Morgan fingerprint density at radius 2 is 1.71 bits per heavy atom. The van der Waals surface area contributed by atoms with Gasteiger partial charge >= 0.3 is 6.09 Å². The van der Waals surface area contributed by atoms with Gasteiger partial charge in [-0.1, -0.05) is 36.4 Å². The number of aromatic nitrogens is 1. The van der Waals surface area contributed by atoms with Crippen molar-refractivity contribution < 1.29 is 9.90 Å². The molecule has 1 aliphatic carbocycles. The van der Waals surface area contributed by atoms with Gasteiger partial charge in [-0.15, -0.1) is 0 Å². The maximum absolute atomic E-state index is 12.0. The maximum Gasteiger partial charge on any atom is 0.412 e. The molecule has 6 heteroatoms. The van der Waals surface area contributed by atoms with Crippen molar-refractivity contribution in [3.05, 3.63) is 60.7 Å². The number of hydrogen-bond donors (Lipinski definition) is 2.